The molecular weight excluding hydrogens is 190 g/mol. The van der Waals surface area contributed by atoms with Crippen LogP contribution in [0.5, 0.6) is 5.75 Å². The molecule has 0 amide bonds. The molecule has 0 aliphatic heterocycles. The van der Waals surface area contributed by atoms with Gasteiger partial charge in [0, 0.05) is 6.61 Å². The Morgan fingerprint density at radius 2 is 1.87 bits per heavy atom. The maximum absolute atomic E-state index is 5.47. The highest BCUT2D eigenvalue weighted by molar-refractivity contribution is 5.20. The van der Waals surface area contributed by atoms with Crippen molar-refractivity contribution in [1.82, 2.24) is 5.32 Å². The fourth-order valence-electron chi connectivity index (χ4n) is 1.19. The third-order valence-corrected chi connectivity index (χ3v) is 1.96. The summed E-state index contributed by atoms with van der Waals surface area (Å²) < 4.78 is 10.9. The van der Waals surface area contributed by atoms with Gasteiger partial charge in [0.15, 0.2) is 0 Å². The van der Waals surface area contributed by atoms with Gasteiger partial charge in [0.2, 0.25) is 0 Å². The van der Waals surface area contributed by atoms with E-state index in [1.54, 1.807) is 0 Å². The molecule has 0 bridgehead atoms. The van der Waals surface area contributed by atoms with Crippen molar-refractivity contribution < 1.29 is 9.47 Å². The van der Waals surface area contributed by atoms with Crippen LogP contribution in [-0.2, 0) is 4.74 Å². The average molecular weight is 209 g/mol. The largest absolute Gasteiger partial charge is 0.491 e. The van der Waals surface area contributed by atoms with Crippen LogP contribution in [0.15, 0.2) is 30.3 Å². The van der Waals surface area contributed by atoms with Crippen molar-refractivity contribution in [1.29, 1.82) is 0 Å². The van der Waals surface area contributed by atoms with Crippen LogP contribution in [0, 0.1) is 0 Å². The quantitative estimate of drug-likeness (QED) is 0.661. The van der Waals surface area contributed by atoms with E-state index in [9.17, 15) is 0 Å². The summed E-state index contributed by atoms with van der Waals surface area (Å²) in [6, 6.07) is 9.79. The SMILES string of the molecule is CNCCCOCCOc1ccccc1. The van der Waals surface area contributed by atoms with Crippen LogP contribution >= 0.6 is 0 Å². The van der Waals surface area contributed by atoms with Gasteiger partial charge in [-0.25, -0.2) is 0 Å². The Balaban J connectivity index is 1.93. The summed E-state index contributed by atoms with van der Waals surface area (Å²) in [4.78, 5) is 0. The minimum Gasteiger partial charge on any atom is -0.491 e. The fourth-order valence-corrected chi connectivity index (χ4v) is 1.19. The molecule has 0 heterocycles. The number of nitrogens with one attached hydrogen (secondary N) is 1. The molecule has 0 aliphatic carbocycles. The number of para-hydroxylation sites is 1. The zero-order valence-electron chi connectivity index (χ0n) is 9.24. The Bertz CT molecular complexity index is 239. The van der Waals surface area contributed by atoms with Gasteiger partial charge in [-0.1, -0.05) is 18.2 Å². The minimum absolute atomic E-state index is 0.615. The number of hydrogen-bond donors (Lipinski definition) is 1. The topological polar surface area (TPSA) is 30.5 Å². The van der Waals surface area contributed by atoms with Gasteiger partial charge in [0.25, 0.3) is 0 Å². The molecule has 15 heavy (non-hydrogen) atoms. The summed E-state index contributed by atoms with van der Waals surface area (Å²) in [7, 11) is 1.94. The van der Waals surface area contributed by atoms with Crippen LogP contribution in [0.3, 0.4) is 0 Å². The van der Waals surface area contributed by atoms with Crippen molar-refractivity contribution in [2.24, 2.45) is 0 Å². The molecule has 3 heteroatoms. The highest BCUT2D eigenvalue weighted by Crippen LogP contribution is 2.07. The molecule has 0 fully saturated rings. The standard InChI is InChI=1S/C12H19NO2/c1-13-8-5-9-14-10-11-15-12-6-3-2-4-7-12/h2-4,6-7,13H,5,8-11H2,1H3. The molecule has 1 aromatic carbocycles. The Hall–Kier alpha value is -1.06. The predicted molar refractivity (Wildman–Crippen MR) is 61.3 cm³/mol. The molecule has 0 saturated heterocycles. The molecule has 1 aromatic rings. The lowest BCUT2D eigenvalue weighted by atomic mass is 10.3. The third kappa shape index (κ3) is 6.10. The van der Waals surface area contributed by atoms with E-state index in [1.165, 1.54) is 0 Å². The first kappa shape index (κ1) is 12.0. The van der Waals surface area contributed by atoms with Crippen LogP contribution < -0.4 is 10.1 Å². The van der Waals surface area contributed by atoms with Crippen molar-refractivity contribution in [2.45, 2.75) is 6.42 Å². The van der Waals surface area contributed by atoms with E-state index in [2.05, 4.69) is 5.32 Å². The number of ether oxygens (including phenoxy) is 2. The van der Waals surface area contributed by atoms with E-state index < -0.39 is 0 Å². The first-order valence-corrected chi connectivity index (χ1v) is 5.33. The molecule has 84 valence electrons. The molecule has 3 nitrogen and oxygen atoms in total. The smallest absolute Gasteiger partial charge is 0.119 e. The molecule has 0 atom stereocenters. The van der Waals surface area contributed by atoms with Gasteiger partial charge in [0.05, 0.1) is 6.61 Å². The second kappa shape index (κ2) is 8.26. The van der Waals surface area contributed by atoms with E-state index in [1.807, 2.05) is 37.4 Å². The molecule has 0 saturated carbocycles. The predicted octanol–water partition coefficient (Wildman–Crippen LogP) is 1.69. The van der Waals surface area contributed by atoms with Crippen molar-refractivity contribution >= 4 is 0 Å². The summed E-state index contributed by atoms with van der Waals surface area (Å²) >= 11 is 0. The average Bonchev–Trinajstić information content (AvgIpc) is 2.29. The van der Waals surface area contributed by atoms with Gasteiger partial charge in [0.1, 0.15) is 12.4 Å². The van der Waals surface area contributed by atoms with Gasteiger partial charge in [-0.2, -0.15) is 0 Å². The normalized spacial score (nSPS) is 10.2. The highest BCUT2D eigenvalue weighted by atomic mass is 16.5. The first-order chi connectivity index (χ1) is 7.43. The van der Waals surface area contributed by atoms with Crippen LogP contribution in [0.2, 0.25) is 0 Å². The molecule has 0 unspecified atom stereocenters. The van der Waals surface area contributed by atoms with E-state index in [0.717, 1.165) is 25.3 Å². The molecule has 0 spiro atoms. The van der Waals surface area contributed by atoms with Crippen LogP contribution in [0.1, 0.15) is 6.42 Å². The maximum Gasteiger partial charge on any atom is 0.119 e. The Kier molecular flexibility index (Phi) is 6.62. The van der Waals surface area contributed by atoms with E-state index in [4.69, 9.17) is 9.47 Å². The van der Waals surface area contributed by atoms with E-state index in [0.29, 0.717) is 13.2 Å². The van der Waals surface area contributed by atoms with Gasteiger partial charge < -0.3 is 14.8 Å². The summed E-state index contributed by atoms with van der Waals surface area (Å²) in [6.07, 6.45) is 1.04. The Morgan fingerprint density at radius 3 is 2.60 bits per heavy atom. The minimum atomic E-state index is 0.615. The van der Waals surface area contributed by atoms with Crippen molar-refractivity contribution in [3.05, 3.63) is 30.3 Å². The maximum atomic E-state index is 5.47. The summed E-state index contributed by atoms with van der Waals surface area (Å²) in [5.74, 6) is 0.899. The van der Waals surface area contributed by atoms with E-state index in [-0.39, 0.29) is 0 Å². The lowest BCUT2D eigenvalue weighted by Crippen LogP contribution is -2.12. The molecule has 0 aromatic heterocycles. The number of benzene rings is 1. The zero-order chi connectivity index (χ0) is 10.8. The first-order valence-electron chi connectivity index (χ1n) is 5.33. The van der Waals surface area contributed by atoms with Gasteiger partial charge in [-0.15, -0.1) is 0 Å². The summed E-state index contributed by atoms with van der Waals surface area (Å²) in [6.45, 7) is 3.06. The summed E-state index contributed by atoms with van der Waals surface area (Å²) in [5, 5.41) is 3.07. The van der Waals surface area contributed by atoms with Crippen molar-refractivity contribution in [3.63, 3.8) is 0 Å². The summed E-state index contributed by atoms with van der Waals surface area (Å²) in [5.41, 5.74) is 0. The molecule has 1 N–H and O–H groups in total. The molecule has 1 rings (SSSR count). The van der Waals surface area contributed by atoms with Gasteiger partial charge in [-0.3, -0.25) is 0 Å². The van der Waals surface area contributed by atoms with Crippen molar-refractivity contribution in [3.8, 4) is 5.75 Å². The lowest BCUT2D eigenvalue weighted by Gasteiger charge is -2.06. The Labute approximate surface area is 91.4 Å². The fraction of sp³-hybridized carbons (Fsp3) is 0.500. The molecular formula is C12H19NO2. The van der Waals surface area contributed by atoms with Crippen molar-refractivity contribution in [2.75, 3.05) is 33.4 Å². The number of rotatable bonds is 8. The molecule has 0 radical (unpaired) electrons. The highest BCUT2D eigenvalue weighted by Gasteiger charge is 1.91. The van der Waals surface area contributed by atoms with Crippen LogP contribution in [-0.4, -0.2) is 33.4 Å². The molecule has 0 aliphatic rings. The third-order valence-electron chi connectivity index (χ3n) is 1.96. The van der Waals surface area contributed by atoms with Gasteiger partial charge >= 0.3 is 0 Å². The lowest BCUT2D eigenvalue weighted by molar-refractivity contribution is 0.0986. The van der Waals surface area contributed by atoms with E-state index >= 15 is 0 Å². The Morgan fingerprint density at radius 1 is 1.07 bits per heavy atom. The second-order valence-corrected chi connectivity index (χ2v) is 3.23. The zero-order valence-corrected chi connectivity index (χ0v) is 9.24. The number of hydrogen-bond acceptors (Lipinski definition) is 3. The van der Waals surface area contributed by atoms with Crippen LogP contribution in [0.4, 0.5) is 0 Å². The van der Waals surface area contributed by atoms with Gasteiger partial charge in [-0.05, 0) is 32.1 Å². The monoisotopic (exact) mass is 209 g/mol. The van der Waals surface area contributed by atoms with Crippen LogP contribution in [0.25, 0.3) is 0 Å². The second-order valence-electron chi connectivity index (χ2n) is 3.23.